The van der Waals surface area contributed by atoms with Gasteiger partial charge in [-0.3, -0.25) is 4.79 Å². The first-order chi connectivity index (χ1) is 8.69. The zero-order valence-corrected chi connectivity index (χ0v) is 11.7. The molecule has 1 heterocycles. The average molecular weight is 321 g/mol. The molecule has 0 aliphatic heterocycles. The summed E-state index contributed by atoms with van der Waals surface area (Å²) in [7, 11) is 0. The van der Waals surface area contributed by atoms with Gasteiger partial charge in [-0.25, -0.2) is 0 Å². The van der Waals surface area contributed by atoms with E-state index in [4.69, 9.17) is 5.26 Å². The Kier molecular flexibility index (Phi) is 4.13. The monoisotopic (exact) mass is 320 g/mol. The van der Waals surface area contributed by atoms with Crippen molar-refractivity contribution in [3.05, 3.63) is 56.2 Å². The van der Waals surface area contributed by atoms with Crippen molar-refractivity contribution >= 4 is 33.2 Å². The van der Waals surface area contributed by atoms with Crippen molar-refractivity contribution in [1.82, 2.24) is 5.32 Å². The standard InChI is InChI=1S/C13H9BrN2OS/c14-12-6-5-11(18-12)8-16-13(17)10-3-1-9(7-15)2-4-10/h1-6H,8H2,(H,16,17). The highest BCUT2D eigenvalue weighted by molar-refractivity contribution is 9.11. The molecular formula is C13H9BrN2OS. The minimum atomic E-state index is -0.135. The highest BCUT2D eigenvalue weighted by Gasteiger charge is 2.05. The van der Waals surface area contributed by atoms with Gasteiger partial charge in [0.1, 0.15) is 0 Å². The van der Waals surface area contributed by atoms with E-state index in [0.717, 1.165) is 8.66 Å². The Bertz CT molecular complexity index is 598. The van der Waals surface area contributed by atoms with Crippen molar-refractivity contribution in [2.45, 2.75) is 6.54 Å². The summed E-state index contributed by atoms with van der Waals surface area (Å²) in [6.45, 7) is 0.509. The Morgan fingerprint density at radius 1 is 1.28 bits per heavy atom. The Balaban J connectivity index is 1.97. The number of hydrogen-bond donors (Lipinski definition) is 1. The smallest absolute Gasteiger partial charge is 0.251 e. The van der Waals surface area contributed by atoms with Gasteiger partial charge < -0.3 is 5.32 Å². The van der Waals surface area contributed by atoms with Crippen LogP contribution in [0.25, 0.3) is 0 Å². The molecule has 0 aliphatic rings. The molecule has 1 N–H and O–H groups in total. The van der Waals surface area contributed by atoms with E-state index in [1.165, 1.54) is 0 Å². The van der Waals surface area contributed by atoms with Crippen molar-refractivity contribution in [3.8, 4) is 6.07 Å². The van der Waals surface area contributed by atoms with Gasteiger partial charge in [-0.05, 0) is 52.3 Å². The van der Waals surface area contributed by atoms with Gasteiger partial charge in [-0.1, -0.05) is 0 Å². The third kappa shape index (κ3) is 3.19. The molecule has 5 heteroatoms. The van der Waals surface area contributed by atoms with Crippen LogP contribution in [0.4, 0.5) is 0 Å². The zero-order chi connectivity index (χ0) is 13.0. The number of carbonyl (C=O) groups excluding carboxylic acids is 1. The fraction of sp³-hybridized carbons (Fsp3) is 0.0769. The van der Waals surface area contributed by atoms with Crippen LogP contribution in [0.2, 0.25) is 0 Å². The highest BCUT2D eigenvalue weighted by Crippen LogP contribution is 2.21. The molecule has 0 unspecified atom stereocenters. The van der Waals surface area contributed by atoms with Crippen molar-refractivity contribution in [2.75, 3.05) is 0 Å². The molecule has 2 rings (SSSR count). The number of rotatable bonds is 3. The van der Waals surface area contributed by atoms with E-state index >= 15 is 0 Å². The number of nitriles is 1. The number of halogens is 1. The Hall–Kier alpha value is -1.64. The van der Waals surface area contributed by atoms with Crippen LogP contribution < -0.4 is 5.32 Å². The summed E-state index contributed by atoms with van der Waals surface area (Å²) in [6.07, 6.45) is 0. The summed E-state index contributed by atoms with van der Waals surface area (Å²) in [4.78, 5) is 12.9. The first kappa shape index (κ1) is 12.8. The maximum Gasteiger partial charge on any atom is 0.251 e. The van der Waals surface area contributed by atoms with Crippen molar-refractivity contribution < 1.29 is 4.79 Å². The molecule has 0 radical (unpaired) electrons. The van der Waals surface area contributed by atoms with Crippen LogP contribution in [0.1, 0.15) is 20.8 Å². The van der Waals surface area contributed by atoms with E-state index < -0.39 is 0 Å². The fourth-order valence-corrected chi connectivity index (χ4v) is 2.84. The molecule has 0 fully saturated rings. The Morgan fingerprint density at radius 3 is 2.56 bits per heavy atom. The number of carbonyl (C=O) groups is 1. The lowest BCUT2D eigenvalue weighted by Gasteiger charge is -2.03. The largest absolute Gasteiger partial charge is 0.347 e. The van der Waals surface area contributed by atoms with Crippen LogP contribution >= 0.6 is 27.3 Å². The second-order valence-electron chi connectivity index (χ2n) is 3.58. The van der Waals surface area contributed by atoms with E-state index in [1.54, 1.807) is 35.6 Å². The molecule has 1 aromatic carbocycles. The van der Waals surface area contributed by atoms with Gasteiger partial charge in [0.15, 0.2) is 0 Å². The predicted molar refractivity (Wildman–Crippen MR) is 74.3 cm³/mol. The minimum Gasteiger partial charge on any atom is -0.347 e. The van der Waals surface area contributed by atoms with E-state index in [-0.39, 0.29) is 5.91 Å². The van der Waals surface area contributed by atoms with Crippen LogP contribution in [0.3, 0.4) is 0 Å². The molecule has 0 spiro atoms. The maximum atomic E-state index is 11.8. The Morgan fingerprint density at radius 2 is 2.00 bits per heavy atom. The van der Waals surface area contributed by atoms with Gasteiger partial charge in [0.2, 0.25) is 0 Å². The molecule has 0 aliphatic carbocycles. The molecule has 0 saturated heterocycles. The fourth-order valence-electron chi connectivity index (χ4n) is 1.41. The Labute approximate surface area is 117 Å². The summed E-state index contributed by atoms with van der Waals surface area (Å²) in [5.41, 5.74) is 1.11. The van der Waals surface area contributed by atoms with Crippen LogP contribution in [0, 0.1) is 11.3 Å². The number of nitrogens with one attached hydrogen (secondary N) is 1. The van der Waals surface area contributed by atoms with Gasteiger partial charge in [0, 0.05) is 10.4 Å². The molecule has 1 amide bonds. The number of amides is 1. The zero-order valence-electron chi connectivity index (χ0n) is 9.31. The molecule has 2 aromatic rings. The number of benzene rings is 1. The molecule has 90 valence electrons. The summed E-state index contributed by atoms with van der Waals surface area (Å²) >= 11 is 4.97. The summed E-state index contributed by atoms with van der Waals surface area (Å²) in [5, 5.41) is 11.5. The average Bonchev–Trinajstić information content (AvgIpc) is 2.82. The van der Waals surface area contributed by atoms with Gasteiger partial charge >= 0.3 is 0 Å². The number of thiophene rings is 1. The molecule has 18 heavy (non-hydrogen) atoms. The van der Waals surface area contributed by atoms with Crippen LogP contribution in [-0.2, 0) is 6.54 Å². The summed E-state index contributed by atoms with van der Waals surface area (Å²) in [6, 6.07) is 12.5. The lowest BCUT2D eigenvalue weighted by atomic mass is 10.1. The lowest BCUT2D eigenvalue weighted by Crippen LogP contribution is -2.22. The highest BCUT2D eigenvalue weighted by atomic mass is 79.9. The molecule has 3 nitrogen and oxygen atoms in total. The molecule has 0 bridgehead atoms. The summed E-state index contributed by atoms with van der Waals surface area (Å²) < 4.78 is 1.05. The van der Waals surface area contributed by atoms with Crippen LogP contribution in [0.5, 0.6) is 0 Å². The first-order valence-corrected chi connectivity index (χ1v) is 6.82. The molecule has 1 aromatic heterocycles. The van der Waals surface area contributed by atoms with Crippen molar-refractivity contribution in [1.29, 1.82) is 5.26 Å². The topological polar surface area (TPSA) is 52.9 Å². The van der Waals surface area contributed by atoms with E-state index in [0.29, 0.717) is 17.7 Å². The van der Waals surface area contributed by atoms with Crippen molar-refractivity contribution in [3.63, 3.8) is 0 Å². The van der Waals surface area contributed by atoms with Gasteiger partial charge in [0.25, 0.3) is 5.91 Å². The lowest BCUT2D eigenvalue weighted by molar-refractivity contribution is 0.0951. The number of nitrogens with zero attached hydrogens (tertiary/aromatic N) is 1. The molecule has 0 saturated carbocycles. The predicted octanol–water partition coefficient (Wildman–Crippen LogP) is 3.31. The van der Waals surface area contributed by atoms with Crippen LogP contribution in [0.15, 0.2) is 40.2 Å². The first-order valence-electron chi connectivity index (χ1n) is 5.21. The summed E-state index contributed by atoms with van der Waals surface area (Å²) in [5.74, 6) is -0.135. The minimum absolute atomic E-state index is 0.135. The van der Waals surface area contributed by atoms with E-state index in [1.807, 2.05) is 18.2 Å². The van der Waals surface area contributed by atoms with E-state index in [9.17, 15) is 4.79 Å². The van der Waals surface area contributed by atoms with Crippen LogP contribution in [-0.4, -0.2) is 5.91 Å². The SMILES string of the molecule is N#Cc1ccc(C(=O)NCc2ccc(Br)s2)cc1. The van der Waals surface area contributed by atoms with Gasteiger partial charge in [0.05, 0.1) is 22.0 Å². The number of hydrogen-bond acceptors (Lipinski definition) is 3. The molecular weight excluding hydrogens is 312 g/mol. The quantitative estimate of drug-likeness (QED) is 0.943. The molecule has 0 atom stereocenters. The van der Waals surface area contributed by atoms with Gasteiger partial charge in [-0.15, -0.1) is 11.3 Å². The van der Waals surface area contributed by atoms with Gasteiger partial charge in [-0.2, -0.15) is 5.26 Å². The normalized spacial score (nSPS) is 9.78. The third-order valence-corrected chi connectivity index (χ3v) is 3.95. The van der Waals surface area contributed by atoms with E-state index in [2.05, 4.69) is 21.2 Å². The second kappa shape index (κ2) is 5.80. The van der Waals surface area contributed by atoms with Crippen molar-refractivity contribution in [2.24, 2.45) is 0 Å². The second-order valence-corrected chi connectivity index (χ2v) is 6.13. The maximum absolute atomic E-state index is 11.8. The third-order valence-electron chi connectivity index (χ3n) is 2.33.